The maximum atomic E-state index is 11.1. The van der Waals surface area contributed by atoms with Crippen molar-refractivity contribution >= 4 is 26.7 Å². The van der Waals surface area contributed by atoms with E-state index in [1.807, 2.05) is 4.68 Å². The van der Waals surface area contributed by atoms with E-state index in [1.54, 1.807) is 6.26 Å². The van der Waals surface area contributed by atoms with Crippen LogP contribution in [0.5, 0.6) is 0 Å². The van der Waals surface area contributed by atoms with Crippen molar-refractivity contribution < 1.29 is 4.21 Å². The zero-order valence-electron chi connectivity index (χ0n) is 12.2. The van der Waals surface area contributed by atoms with E-state index in [1.165, 1.54) is 5.69 Å². The molecule has 110 valence electrons. The minimum atomic E-state index is -0.709. The summed E-state index contributed by atoms with van der Waals surface area (Å²) in [6.45, 7) is 8.02. The largest absolute Gasteiger partial charge is 0.309 e. The lowest BCUT2D eigenvalue weighted by Crippen LogP contribution is -2.28. The molecule has 19 heavy (non-hydrogen) atoms. The van der Waals surface area contributed by atoms with Gasteiger partial charge in [-0.1, -0.05) is 6.92 Å². The molecule has 2 atom stereocenters. The lowest BCUT2D eigenvalue weighted by atomic mass is 10.2. The van der Waals surface area contributed by atoms with Crippen LogP contribution >= 0.6 is 15.9 Å². The Balaban J connectivity index is 2.61. The third-order valence-electron chi connectivity index (χ3n) is 3.15. The molecule has 2 unspecified atom stereocenters. The van der Waals surface area contributed by atoms with Crippen LogP contribution in [-0.4, -0.2) is 32.0 Å². The molecule has 0 saturated heterocycles. The molecule has 0 aliphatic heterocycles. The molecule has 6 heteroatoms. The summed E-state index contributed by atoms with van der Waals surface area (Å²) >= 11 is 3.64. The van der Waals surface area contributed by atoms with Crippen molar-refractivity contribution in [2.75, 3.05) is 12.0 Å². The summed E-state index contributed by atoms with van der Waals surface area (Å²) in [4.78, 5) is 0. The van der Waals surface area contributed by atoms with Crippen LogP contribution in [0, 0.1) is 0 Å². The molecule has 0 fully saturated rings. The van der Waals surface area contributed by atoms with Gasteiger partial charge in [0.2, 0.25) is 0 Å². The lowest BCUT2D eigenvalue weighted by molar-refractivity contribution is 0.505. The van der Waals surface area contributed by atoms with Gasteiger partial charge >= 0.3 is 0 Å². The summed E-state index contributed by atoms with van der Waals surface area (Å²) in [7, 11) is -0.709. The third-order valence-corrected chi connectivity index (χ3v) is 4.88. The lowest BCUT2D eigenvalue weighted by Gasteiger charge is -2.14. The third kappa shape index (κ3) is 5.00. The number of nitrogens with zero attached hydrogens (tertiary/aromatic N) is 2. The monoisotopic (exact) mass is 349 g/mol. The first-order valence-electron chi connectivity index (χ1n) is 6.77. The number of halogens is 1. The van der Waals surface area contributed by atoms with Crippen LogP contribution in [-0.2, 0) is 30.3 Å². The van der Waals surface area contributed by atoms with Gasteiger partial charge in [0.25, 0.3) is 0 Å². The quantitative estimate of drug-likeness (QED) is 0.784. The van der Waals surface area contributed by atoms with E-state index in [2.05, 4.69) is 47.1 Å². The fourth-order valence-corrected chi connectivity index (χ4v) is 3.29. The number of aryl methyl sites for hydroxylation is 2. The SMILES string of the molecule is CCc1nn(CC)c(CNC(C)CCS(C)=O)c1Br. The van der Waals surface area contributed by atoms with Crippen LogP contribution in [0.15, 0.2) is 4.47 Å². The van der Waals surface area contributed by atoms with Gasteiger partial charge in [0.15, 0.2) is 0 Å². The topological polar surface area (TPSA) is 46.9 Å². The fraction of sp³-hybridized carbons (Fsp3) is 0.769. The van der Waals surface area contributed by atoms with Crippen LogP contribution in [0.3, 0.4) is 0 Å². The molecule has 0 aromatic carbocycles. The molecule has 1 aromatic heterocycles. The molecule has 0 saturated carbocycles. The van der Waals surface area contributed by atoms with E-state index in [4.69, 9.17) is 0 Å². The molecule has 0 bridgehead atoms. The molecule has 0 spiro atoms. The minimum absolute atomic E-state index is 0.362. The predicted molar refractivity (Wildman–Crippen MR) is 84.8 cm³/mol. The molecule has 0 aliphatic carbocycles. The van der Waals surface area contributed by atoms with Gasteiger partial charge in [0.1, 0.15) is 0 Å². The highest BCUT2D eigenvalue weighted by Gasteiger charge is 2.14. The summed E-state index contributed by atoms with van der Waals surface area (Å²) < 4.78 is 14.2. The number of rotatable bonds is 8. The van der Waals surface area contributed by atoms with Crippen LogP contribution < -0.4 is 5.32 Å². The van der Waals surface area contributed by atoms with E-state index in [9.17, 15) is 4.21 Å². The number of hydrogen-bond donors (Lipinski definition) is 1. The van der Waals surface area contributed by atoms with E-state index in [0.717, 1.165) is 41.9 Å². The molecule has 4 nitrogen and oxygen atoms in total. The van der Waals surface area contributed by atoms with Gasteiger partial charge in [-0.2, -0.15) is 5.10 Å². The second-order valence-electron chi connectivity index (χ2n) is 4.72. The Morgan fingerprint density at radius 2 is 2.16 bits per heavy atom. The highest BCUT2D eigenvalue weighted by molar-refractivity contribution is 9.10. The summed E-state index contributed by atoms with van der Waals surface area (Å²) in [6.07, 6.45) is 3.62. The van der Waals surface area contributed by atoms with Crippen molar-refractivity contribution in [1.29, 1.82) is 0 Å². The highest BCUT2D eigenvalue weighted by Crippen LogP contribution is 2.22. The molecular formula is C13H24BrN3OS. The van der Waals surface area contributed by atoms with E-state index in [0.29, 0.717) is 6.04 Å². The van der Waals surface area contributed by atoms with Gasteiger partial charge < -0.3 is 5.32 Å². The Hall–Kier alpha value is -0.200. The van der Waals surface area contributed by atoms with Crippen molar-refractivity contribution in [2.45, 2.75) is 52.7 Å². The van der Waals surface area contributed by atoms with Gasteiger partial charge in [0.05, 0.1) is 15.9 Å². The molecule has 0 amide bonds. The number of nitrogens with one attached hydrogen (secondary N) is 1. The Kier molecular flexibility index (Phi) is 7.25. The van der Waals surface area contributed by atoms with Gasteiger partial charge in [-0.05, 0) is 42.6 Å². The molecule has 1 aromatic rings. The zero-order chi connectivity index (χ0) is 14.4. The van der Waals surface area contributed by atoms with E-state index < -0.39 is 10.8 Å². The number of aromatic nitrogens is 2. The Labute approximate surface area is 126 Å². The van der Waals surface area contributed by atoms with Gasteiger partial charge in [-0.25, -0.2) is 0 Å². The molecule has 1 N–H and O–H groups in total. The summed E-state index contributed by atoms with van der Waals surface area (Å²) in [6, 6.07) is 0.362. The Morgan fingerprint density at radius 3 is 2.68 bits per heavy atom. The smallest absolute Gasteiger partial charge is 0.0767 e. The molecule has 1 rings (SSSR count). The zero-order valence-corrected chi connectivity index (χ0v) is 14.6. The minimum Gasteiger partial charge on any atom is -0.309 e. The van der Waals surface area contributed by atoms with E-state index in [-0.39, 0.29) is 0 Å². The molecular weight excluding hydrogens is 326 g/mol. The Bertz CT molecular complexity index is 434. The van der Waals surface area contributed by atoms with Crippen molar-refractivity contribution in [2.24, 2.45) is 0 Å². The van der Waals surface area contributed by atoms with Gasteiger partial charge in [-0.15, -0.1) is 0 Å². The van der Waals surface area contributed by atoms with Crippen LogP contribution in [0.1, 0.15) is 38.6 Å². The first-order chi connectivity index (χ1) is 8.99. The van der Waals surface area contributed by atoms with Crippen molar-refractivity contribution in [3.8, 4) is 0 Å². The number of hydrogen-bond acceptors (Lipinski definition) is 3. The van der Waals surface area contributed by atoms with Gasteiger partial charge in [0, 0.05) is 41.9 Å². The van der Waals surface area contributed by atoms with Gasteiger partial charge in [-0.3, -0.25) is 8.89 Å². The van der Waals surface area contributed by atoms with Crippen molar-refractivity contribution in [3.05, 3.63) is 15.9 Å². The maximum absolute atomic E-state index is 11.1. The standard InChI is InChI=1S/C13H24BrN3OS/c1-5-11-13(14)12(17(6-2)16-11)9-15-10(3)7-8-19(4)18/h10,15H,5-9H2,1-4H3. The molecule has 1 heterocycles. The Morgan fingerprint density at radius 1 is 1.47 bits per heavy atom. The summed E-state index contributed by atoms with van der Waals surface area (Å²) in [5, 5.41) is 8.06. The summed E-state index contributed by atoms with van der Waals surface area (Å²) in [5.41, 5.74) is 2.31. The second-order valence-corrected chi connectivity index (χ2v) is 7.07. The summed E-state index contributed by atoms with van der Waals surface area (Å²) in [5.74, 6) is 0.753. The first kappa shape index (κ1) is 16.9. The van der Waals surface area contributed by atoms with Crippen molar-refractivity contribution in [3.63, 3.8) is 0 Å². The first-order valence-corrected chi connectivity index (χ1v) is 9.29. The fourth-order valence-electron chi connectivity index (χ4n) is 1.90. The van der Waals surface area contributed by atoms with Crippen LogP contribution in [0.25, 0.3) is 0 Å². The average Bonchev–Trinajstić information content (AvgIpc) is 2.69. The van der Waals surface area contributed by atoms with Crippen LogP contribution in [0.2, 0.25) is 0 Å². The maximum Gasteiger partial charge on any atom is 0.0767 e. The van der Waals surface area contributed by atoms with E-state index >= 15 is 0 Å². The predicted octanol–water partition coefficient (Wildman–Crippen LogP) is 2.47. The molecule has 0 radical (unpaired) electrons. The van der Waals surface area contributed by atoms with Crippen LogP contribution in [0.4, 0.5) is 0 Å². The second kappa shape index (κ2) is 8.17. The molecule has 0 aliphatic rings. The van der Waals surface area contributed by atoms with Crippen molar-refractivity contribution in [1.82, 2.24) is 15.1 Å². The highest BCUT2D eigenvalue weighted by atomic mass is 79.9. The average molecular weight is 350 g/mol. The normalized spacial score (nSPS) is 14.6.